The standard InChI is InChI=1S/C11H15N3O/c1-12-11-8-4-5-15-6-9(8)13-10(14-11)7-2-3-7/h7H,2-6H2,1H3,(H,12,13,14). The van der Waals surface area contributed by atoms with E-state index in [1.54, 1.807) is 0 Å². The predicted molar refractivity (Wildman–Crippen MR) is 56.9 cm³/mol. The van der Waals surface area contributed by atoms with Gasteiger partial charge in [0, 0.05) is 24.9 Å². The topological polar surface area (TPSA) is 47.0 Å². The molecule has 1 aromatic rings. The SMILES string of the molecule is CNc1nc(C2CC2)nc2c1CCOC2. The van der Waals surface area contributed by atoms with Crippen molar-refractivity contribution in [2.45, 2.75) is 31.8 Å². The van der Waals surface area contributed by atoms with Crippen molar-refractivity contribution >= 4 is 5.82 Å². The Kier molecular flexibility index (Phi) is 2.09. The van der Waals surface area contributed by atoms with Crippen molar-refractivity contribution < 1.29 is 4.74 Å². The van der Waals surface area contributed by atoms with Gasteiger partial charge < -0.3 is 10.1 Å². The molecule has 0 bridgehead atoms. The van der Waals surface area contributed by atoms with Crippen LogP contribution in [0.2, 0.25) is 0 Å². The Labute approximate surface area is 89.1 Å². The van der Waals surface area contributed by atoms with Crippen LogP contribution >= 0.6 is 0 Å². The van der Waals surface area contributed by atoms with Crippen LogP contribution in [-0.4, -0.2) is 23.6 Å². The van der Waals surface area contributed by atoms with E-state index in [4.69, 9.17) is 4.74 Å². The maximum Gasteiger partial charge on any atom is 0.134 e. The average molecular weight is 205 g/mol. The smallest absolute Gasteiger partial charge is 0.134 e. The molecule has 80 valence electrons. The molecule has 2 heterocycles. The number of nitrogens with zero attached hydrogens (tertiary/aromatic N) is 2. The molecule has 1 aromatic heterocycles. The van der Waals surface area contributed by atoms with E-state index < -0.39 is 0 Å². The molecule has 0 atom stereocenters. The van der Waals surface area contributed by atoms with E-state index in [9.17, 15) is 0 Å². The fourth-order valence-electron chi connectivity index (χ4n) is 2.01. The molecular weight excluding hydrogens is 190 g/mol. The van der Waals surface area contributed by atoms with Crippen molar-refractivity contribution in [2.24, 2.45) is 0 Å². The lowest BCUT2D eigenvalue weighted by Crippen LogP contribution is -2.16. The molecule has 4 nitrogen and oxygen atoms in total. The van der Waals surface area contributed by atoms with Crippen molar-refractivity contribution in [1.29, 1.82) is 0 Å². The number of hydrogen-bond donors (Lipinski definition) is 1. The lowest BCUT2D eigenvalue weighted by atomic mass is 10.1. The van der Waals surface area contributed by atoms with Crippen LogP contribution < -0.4 is 5.32 Å². The van der Waals surface area contributed by atoms with Crippen LogP contribution in [-0.2, 0) is 17.8 Å². The Morgan fingerprint density at radius 2 is 2.20 bits per heavy atom. The quantitative estimate of drug-likeness (QED) is 0.794. The zero-order valence-corrected chi connectivity index (χ0v) is 8.92. The monoisotopic (exact) mass is 205 g/mol. The molecule has 0 unspecified atom stereocenters. The van der Waals surface area contributed by atoms with Crippen LogP contribution in [0.25, 0.3) is 0 Å². The van der Waals surface area contributed by atoms with Crippen LogP contribution in [0.5, 0.6) is 0 Å². The maximum atomic E-state index is 5.43. The second kappa shape index (κ2) is 3.45. The summed E-state index contributed by atoms with van der Waals surface area (Å²) in [6.45, 7) is 1.43. The first kappa shape index (κ1) is 9.09. The summed E-state index contributed by atoms with van der Waals surface area (Å²) >= 11 is 0. The van der Waals surface area contributed by atoms with Crippen LogP contribution in [0, 0.1) is 0 Å². The van der Waals surface area contributed by atoms with Crippen molar-refractivity contribution in [2.75, 3.05) is 19.0 Å². The molecule has 0 spiro atoms. The number of rotatable bonds is 2. The van der Waals surface area contributed by atoms with E-state index in [-0.39, 0.29) is 0 Å². The summed E-state index contributed by atoms with van der Waals surface area (Å²) in [5.41, 5.74) is 2.33. The van der Waals surface area contributed by atoms with E-state index in [0.717, 1.165) is 30.4 Å². The summed E-state index contributed by atoms with van der Waals surface area (Å²) in [6, 6.07) is 0. The second-order valence-electron chi connectivity index (χ2n) is 4.18. The fourth-order valence-corrected chi connectivity index (χ4v) is 2.01. The highest BCUT2D eigenvalue weighted by molar-refractivity contribution is 5.47. The molecular formula is C11H15N3O. The third-order valence-electron chi connectivity index (χ3n) is 3.02. The molecule has 3 rings (SSSR count). The number of ether oxygens (including phenoxy) is 1. The third kappa shape index (κ3) is 1.59. The zero-order chi connectivity index (χ0) is 10.3. The lowest BCUT2D eigenvalue weighted by molar-refractivity contribution is 0.107. The van der Waals surface area contributed by atoms with Gasteiger partial charge in [-0.25, -0.2) is 9.97 Å². The summed E-state index contributed by atoms with van der Waals surface area (Å²) in [7, 11) is 1.93. The van der Waals surface area contributed by atoms with E-state index in [2.05, 4.69) is 15.3 Å². The Balaban J connectivity index is 2.06. The van der Waals surface area contributed by atoms with Gasteiger partial charge in [0.15, 0.2) is 0 Å². The number of aromatic nitrogens is 2. The Bertz CT molecular complexity index is 370. The minimum absolute atomic E-state index is 0.601. The highest BCUT2D eigenvalue weighted by atomic mass is 16.5. The largest absolute Gasteiger partial charge is 0.375 e. The average Bonchev–Trinajstić information content (AvgIpc) is 3.11. The Hall–Kier alpha value is -1.16. The molecule has 1 saturated carbocycles. The summed E-state index contributed by atoms with van der Waals surface area (Å²) in [4.78, 5) is 9.20. The minimum Gasteiger partial charge on any atom is -0.375 e. The van der Waals surface area contributed by atoms with E-state index in [1.165, 1.54) is 18.4 Å². The van der Waals surface area contributed by atoms with Crippen molar-refractivity contribution in [3.8, 4) is 0 Å². The van der Waals surface area contributed by atoms with Gasteiger partial charge in [0.2, 0.25) is 0 Å². The molecule has 0 saturated heterocycles. The fraction of sp³-hybridized carbons (Fsp3) is 0.636. The summed E-state index contributed by atoms with van der Waals surface area (Å²) in [5, 5.41) is 3.17. The highest BCUT2D eigenvalue weighted by Gasteiger charge is 2.29. The normalized spacial score (nSPS) is 19.8. The van der Waals surface area contributed by atoms with E-state index >= 15 is 0 Å². The van der Waals surface area contributed by atoms with Crippen LogP contribution in [0.1, 0.15) is 35.8 Å². The van der Waals surface area contributed by atoms with Crippen molar-refractivity contribution in [3.63, 3.8) is 0 Å². The number of anilines is 1. The molecule has 15 heavy (non-hydrogen) atoms. The van der Waals surface area contributed by atoms with Crippen molar-refractivity contribution in [3.05, 3.63) is 17.1 Å². The Morgan fingerprint density at radius 1 is 1.33 bits per heavy atom. The lowest BCUT2D eigenvalue weighted by Gasteiger charge is -2.19. The van der Waals surface area contributed by atoms with Gasteiger partial charge in [-0.15, -0.1) is 0 Å². The first-order valence-electron chi connectivity index (χ1n) is 5.53. The molecule has 1 aliphatic heterocycles. The minimum atomic E-state index is 0.601. The molecule has 0 aromatic carbocycles. The van der Waals surface area contributed by atoms with E-state index in [1.807, 2.05) is 7.05 Å². The first-order chi connectivity index (χ1) is 7.38. The molecule has 1 fully saturated rings. The van der Waals surface area contributed by atoms with Gasteiger partial charge in [-0.2, -0.15) is 0 Å². The number of fused-ring (bicyclic) bond motifs is 1. The molecule has 4 heteroatoms. The molecule has 1 aliphatic carbocycles. The molecule has 1 N–H and O–H groups in total. The molecule has 2 aliphatic rings. The predicted octanol–water partition coefficient (Wildman–Crippen LogP) is 1.47. The highest BCUT2D eigenvalue weighted by Crippen LogP contribution is 2.39. The maximum absolute atomic E-state index is 5.43. The van der Waals surface area contributed by atoms with Crippen LogP contribution in [0.3, 0.4) is 0 Å². The molecule has 0 amide bonds. The van der Waals surface area contributed by atoms with E-state index in [0.29, 0.717) is 12.5 Å². The van der Waals surface area contributed by atoms with Gasteiger partial charge in [-0.05, 0) is 12.8 Å². The van der Waals surface area contributed by atoms with Crippen molar-refractivity contribution in [1.82, 2.24) is 9.97 Å². The number of nitrogens with one attached hydrogen (secondary N) is 1. The third-order valence-corrected chi connectivity index (χ3v) is 3.02. The van der Waals surface area contributed by atoms with Gasteiger partial charge in [-0.1, -0.05) is 0 Å². The number of hydrogen-bond acceptors (Lipinski definition) is 4. The van der Waals surface area contributed by atoms with Gasteiger partial charge >= 0.3 is 0 Å². The zero-order valence-electron chi connectivity index (χ0n) is 8.92. The van der Waals surface area contributed by atoms with Crippen LogP contribution in [0.15, 0.2) is 0 Å². The van der Waals surface area contributed by atoms with Crippen LogP contribution in [0.4, 0.5) is 5.82 Å². The Morgan fingerprint density at radius 3 is 2.93 bits per heavy atom. The van der Waals surface area contributed by atoms with Gasteiger partial charge in [-0.3, -0.25) is 0 Å². The summed E-state index contributed by atoms with van der Waals surface area (Å²) in [5.74, 6) is 2.61. The van der Waals surface area contributed by atoms with Gasteiger partial charge in [0.25, 0.3) is 0 Å². The first-order valence-corrected chi connectivity index (χ1v) is 5.53. The summed E-state index contributed by atoms with van der Waals surface area (Å²) < 4.78 is 5.43. The summed E-state index contributed by atoms with van der Waals surface area (Å²) in [6.07, 6.45) is 3.40. The second-order valence-corrected chi connectivity index (χ2v) is 4.18. The van der Waals surface area contributed by atoms with Gasteiger partial charge in [0.05, 0.1) is 18.9 Å². The van der Waals surface area contributed by atoms with Gasteiger partial charge in [0.1, 0.15) is 11.6 Å². The molecule has 0 radical (unpaired) electrons.